The van der Waals surface area contributed by atoms with Gasteiger partial charge in [-0.25, -0.2) is 4.79 Å². The van der Waals surface area contributed by atoms with E-state index in [0.717, 1.165) is 12.8 Å². The van der Waals surface area contributed by atoms with Crippen molar-refractivity contribution in [3.05, 3.63) is 0 Å². The van der Waals surface area contributed by atoms with Gasteiger partial charge in [0.15, 0.2) is 0 Å². The van der Waals surface area contributed by atoms with Crippen LogP contribution in [0.3, 0.4) is 0 Å². The molecule has 0 spiro atoms. The van der Waals surface area contributed by atoms with Crippen molar-refractivity contribution in [2.45, 2.75) is 25.8 Å². The minimum atomic E-state index is -0.615. The quantitative estimate of drug-likeness (QED) is 0.703. The molecule has 0 aromatic carbocycles. The Morgan fingerprint density at radius 2 is 2.12 bits per heavy atom. The number of nitrogens with zero attached hydrogens (tertiary/aromatic N) is 3. The Hall–Kier alpha value is -2.12. The summed E-state index contributed by atoms with van der Waals surface area (Å²) in [7, 11) is 0. The Kier molecular flexibility index (Phi) is 3.22. The molecule has 2 rings (SSSR count). The number of carbonyl (C=O) groups is 1. The molecule has 1 fully saturated rings. The normalized spacial score (nSPS) is 14.2. The summed E-state index contributed by atoms with van der Waals surface area (Å²) < 4.78 is 4.71. The van der Waals surface area contributed by atoms with Crippen LogP contribution >= 0.6 is 0 Å². The van der Waals surface area contributed by atoms with Gasteiger partial charge in [-0.1, -0.05) is 0 Å². The number of hydrogen-bond donors (Lipinski definition) is 3. The Balaban J connectivity index is 2.04. The van der Waals surface area contributed by atoms with Crippen molar-refractivity contribution in [2.24, 2.45) is 0 Å². The highest BCUT2D eigenvalue weighted by atomic mass is 16.5. The number of rotatable bonds is 4. The Labute approximate surface area is 98.0 Å². The fourth-order valence-electron chi connectivity index (χ4n) is 1.18. The van der Waals surface area contributed by atoms with Crippen LogP contribution in [0.25, 0.3) is 0 Å². The second-order valence-corrected chi connectivity index (χ2v) is 3.60. The van der Waals surface area contributed by atoms with Crippen LogP contribution in [0.4, 0.5) is 22.6 Å². The minimum absolute atomic E-state index is 0.0509. The van der Waals surface area contributed by atoms with Gasteiger partial charge in [0, 0.05) is 6.04 Å². The van der Waals surface area contributed by atoms with Gasteiger partial charge in [0.2, 0.25) is 17.8 Å². The molecule has 0 bridgehead atoms. The van der Waals surface area contributed by atoms with Crippen LogP contribution in [-0.2, 0) is 4.74 Å². The van der Waals surface area contributed by atoms with Crippen molar-refractivity contribution in [1.29, 1.82) is 0 Å². The minimum Gasteiger partial charge on any atom is -0.450 e. The van der Waals surface area contributed by atoms with Crippen molar-refractivity contribution in [2.75, 3.05) is 23.0 Å². The van der Waals surface area contributed by atoms with E-state index >= 15 is 0 Å². The van der Waals surface area contributed by atoms with Crippen LogP contribution in [0.2, 0.25) is 0 Å². The molecule has 0 atom stereocenters. The molecule has 4 N–H and O–H groups in total. The number of nitrogen functional groups attached to an aromatic ring is 1. The molecule has 92 valence electrons. The average molecular weight is 238 g/mol. The van der Waals surface area contributed by atoms with E-state index < -0.39 is 6.09 Å². The fourth-order valence-corrected chi connectivity index (χ4v) is 1.18. The summed E-state index contributed by atoms with van der Waals surface area (Å²) in [6, 6.07) is 0.396. The molecule has 1 aromatic rings. The number of aromatic nitrogens is 3. The highest BCUT2D eigenvalue weighted by molar-refractivity contribution is 5.82. The van der Waals surface area contributed by atoms with Gasteiger partial charge in [-0.05, 0) is 19.8 Å². The molecule has 1 aliphatic rings. The third kappa shape index (κ3) is 3.44. The molecule has 1 aliphatic carbocycles. The van der Waals surface area contributed by atoms with Crippen LogP contribution in [0, 0.1) is 0 Å². The highest BCUT2D eigenvalue weighted by Crippen LogP contribution is 2.23. The number of ether oxygens (including phenoxy) is 1. The third-order valence-electron chi connectivity index (χ3n) is 2.05. The van der Waals surface area contributed by atoms with Crippen molar-refractivity contribution >= 4 is 23.9 Å². The topological polar surface area (TPSA) is 115 Å². The molecular formula is C9H14N6O2. The lowest BCUT2D eigenvalue weighted by molar-refractivity contribution is 0.167. The molecule has 8 nitrogen and oxygen atoms in total. The molecule has 8 heteroatoms. The smallest absolute Gasteiger partial charge is 0.414 e. The Morgan fingerprint density at radius 3 is 2.76 bits per heavy atom. The van der Waals surface area contributed by atoms with Gasteiger partial charge in [-0.2, -0.15) is 15.0 Å². The first-order chi connectivity index (χ1) is 8.17. The zero-order chi connectivity index (χ0) is 12.3. The van der Waals surface area contributed by atoms with Gasteiger partial charge in [0.1, 0.15) is 0 Å². The van der Waals surface area contributed by atoms with Gasteiger partial charge >= 0.3 is 6.09 Å². The number of nitrogens with one attached hydrogen (secondary N) is 2. The second kappa shape index (κ2) is 4.81. The maximum Gasteiger partial charge on any atom is 0.414 e. The van der Waals surface area contributed by atoms with Gasteiger partial charge in [0.05, 0.1) is 6.61 Å². The second-order valence-electron chi connectivity index (χ2n) is 3.60. The SMILES string of the molecule is CCOC(=O)Nc1nc(N)nc(NC2CC2)n1. The molecule has 0 unspecified atom stereocenters. The highest BCUT2D eigenvalue weighted by Gasteiger charge is 2.22. The fraction of sp³-hybridized carbons (Fsp3) is 0.556. The molecule has 0 aliphatic heterocycles. The predicted octanol–water partition coefficient (Wildman–Crippen LogP) is 0.596. The summed E-state index contributed by atoms with van der Waals surface area (Å²) in [5, 5.41) is 5.44. The van der Waals surface area contributed by atoms with Crippen LogP contribution in [0.5, 0.6) is 0 Å². The molecule has 1 heterocycles. The monoisotopic (exact) mass is 238 g/mol. The lowest BCUT2D eigenvalue weighted by Gasteiger charge is -2.07. The summed E-state index contributed by atoms with van der Waals surface area (Å²) in [4.78, 5) is 22.9. The van der Waals surface area contributed by atoms with Crippen LogP contribution < -0.4 is 16.4 Å². The summed E-state index contributed by atoms with van der Waals surface area (Å²) >= 11 is 0. The summed E-state index contributed by atoms with van der Waals surface area (Å²) in [5.41, 5.74) is 5.51. The van der Waals surface area contributed by atoms with E-state index in [-0.39, 0.29) is 18.5 Å². The Bertz CT molecular complexity index is 420. The molecule has 17 heavy (non-hydrogen) atoms. The van der Waals surface area contributed by atoms with E-state index in [9.17, 15) is 4.79 Å². The number of carbonyl (C=O) groups excluding carboxylic acids is 1. The molecule has 1 amide bonds. The Morgan fingerprint density at radius 1 is 1.41 bits per heavy atom. The third-order valence-corrected chi connectivity index (χ3v) is 2.05. The average Bonchev–Trinajstić information content (AvgIpc) is 3.00. The van der Waals surface area contributed by atoms with Gasteiger partial charge < -0.3 is 15.8 Å². The van der Waals surface area contributed by atoms with Crippen LogP contribution in [0.15, 0.2) is 0 Å². The van der Waals surface area contributed by atoms with Crippen LogP contribution in [0.1, 0.15) is 19.8 Å². The maximum absolute atomic E-state index is 11.2. The van der Waals surface area contributed by atoms with Crippen molar-refractivity contribution in [1.82, 2.24) is 15.0 Å². The number of anilines is 3. The zero-order valence-electron chi connectivity index (χ0n) is 9.43. The van der Waals surface area contributed by atoms with Crippen molar-refractivity contribution < 1.29 is 9.53 Å². The first kappa shape index (κ1) is 11.4. The molecule has 0 radical (unpaired) electrons. The van der Waals surface area contributed by atoms with E-state index in [1.54, 1.807) is 6.92 Å². The summed E-state index contributed by atoms with van der Waals surface area (Å²) in [6.07, 6.45) is 1.56. The predicted molar refractivity (Wildman–Crippen MR) is 61.5 cm³/mol. The van der Waals surface area contributed by atoms with Crippen molar-refractivity contribution in [3.63, 3.8) is 0 Å². The summed E-state index contributed by atoms with van der Waals surface area (Å²) in [5.74, 6) is 0.501. The number of nitrogens with two attached hydrogens (primary N) is 1. The van der Waals surface area contributed by atoms with E-state index in [0.29, 0.717) is 12.0 Å². The lowest BCUT2D eigenvalue weighted by atomic mass is 10.7. The van der Waals surface area contributed by atoms with Gasteiger partial charge in [0.25, 0.3) is 0 Å². The standard InChI is InChI=1S/C9H14N6O2/c1-2-17-9(16)15-8-13-6(10)12-7(14-8)11-5-3-4-5/h5H,2-4H2,1H3,(H4,10,11,12,13,14,15,16). The molecular weight excluding hydrogens is 224 g/mol. The molecule has 0 saturated heterocycles. The van der Waals surface area contributed by atoms with E-state index in [1.165, 1.54) is 0 Å². The number of hydrogen-bond acceptors (Lipinski definition) is 7. The van der Waals surface area contributed by atoms with Crippen molar-refractivity contribution in [3.8, 4) is 0 Å². The van der Waals surface area contributed by atoms with Gasteiger partial charge in [-0.15, -0.1) is 0 Å². The van der Waals surface area contributed by atoms with E-state index in [1.807, 2.05) is 0 Å². The first-order valence-corrected chi connectivity index (χ1v) is 5.39. The van der Waals surface area contributed by atoms with Gasteiger partial charge in [-0.3, -0.25) is 5.32 Å². The largest absolute Gasteiger partial charge is 0.450 e. The van der Waals surface area contributed by atoms with E-state index in [4.69, 9.17) is 10.5 Å². The van der Waals surface area contributed by atoms with E-state index in [2.05, 4.69) is 25.6 Å². The lowest BCUT2D eigenvalue weighted by Crippen LogP contribution is -2.17. The number of amides is 1. The maximum atomic E-state index is 11.2. The first-order valence-electron chi connectivity index (χ1n) is 5.39. The van der Waals surface area contributed by atoms with Crippen LogP contribution in [-0.4, -0.2) is 33.7 Å². The summed E-state index contributed by atoms with van der Waals surface area (Å²) in [6.45, 7) is 1.99. The molecule has 1 aromatic heterocycles. The zero-order valence-corrected chi connectivity index (χ0v) is 9.43. The molecule has 1 saturated carbocycles.